The molecule has 0 amide bonds. The van der Waals surface area contributed by atoms with Gasteiger partial charge in [0.05, 0.1) is 0 Å². The number of benzene rings is 1. The predicted molar refractivity (Wildman–Crippen MR) is 95.3 cm³/mol. The highest BCUT2D eigenvalue weighted by Crippen LogP contribution is 2.66. The number of hydrogen-bond donors (Lipinski definition) is 0. The molecule has 0 spiro atoms. The van der Waals surface area contributed by atoms with Gasteiger partial charge in [-0.25, -0.2) is 0 Å². The van der Waals surface area contributed by atoms with E-state index in [0.29, 0.717) is 0 Å². The molecule has 0 unspecified atom stereocenters. The van der Waals surface area contributed by atoms with Crippen molar-refractivity contribution in [3.8, 4) is 0 Å². The van der Waals surface area contributed by atoms with E-state index in [1.807, 2.05) is 0 Å². The molecule has 1 aromatic carbocycles. The van der Waals surface area contributed by atoms with Crippen LogP contribution in [0.2, 0.25) is 0 Å². The topological polar surface area (TPSA) is 17.1 Å². The Hall–Kier alpha value is -2.58. The lowest BCUT2D eigenvalue weighted by atomic mass is 9.85. The van der Waals surface area contributed by atoms with Gasteiger partial charge in [-0.1, -0.05) is 24.3 Å². The van der Waals surface area contributed by atoms with Gasteiger partial charge in [0.25, 0.3) is 0 Å². The Morgan fingerprint density at radius 3 is 1.07 bits per heavy atom. The van der Waals surface area contributed by atoms with E-state index in [4.69, 9.17) is 0 Å². The summed E-state index contributed by atoms with van der Waals surface area (Å²) in [5.41, 5.74) is -0.137. The average molecular weight is 666 g/mol. The van der Waals surface area contributed by atoms with Crippen molar-refractivity contribution in [2.45, 2.75) is 78.7 Å². The van der Waals surface area contributed by atoms with Crippen molar-refractivity contribution in [2.75, 3.05) is 0 Å². The minimum Gasteiger partial charge on any atom is -0.298 e. The van der Waals surface area contributed by atoms with Crippen LogP contribution in [0, 0.1) is 0 Å². The second-order valence-corrected chi connectivity index (χ2v) is 8.51. The molecule has 0 atom stereocenters. The van der Waals surface area contributed by atoms with Crippen molar-refractivity contribution < 1.29 is 97.0 Å². The molecule has 244 valence electrons. The van der Waals surface area contributed by atoms with Crippen LogP contribution in [-0.2, 0) is 6.42 Å². The number of aldehydes is 1. The van der Waals surface area contributed by atoms with Crippen LogP contribution in [0.25, 0.3) is 0 Å². The normalized spacial score (nSPS) is 15.6. The third-order valence-corrected chi connectivity index (χ3v) is 5.65. The summed E-state index contributed by atoms with van der Waals surface area (Å²) in [5, 5.41) is 0. The summed E-state index contributed by atoms with van der Waals surface area (Å²) in [6.45, 7) is 0. The third kappa shape index (κ3) is 5.23. The Morgan fingerprint density at radius 2 is 0.762 bits per heavy atom. The first kappa shape index (κ1) is 37.4. The van der Waals surface area contributed by atoms with Crippen LogP contribution in [0.4, 0.5) is 92.2 Å². The van der Waals surface area contributed by atoms with Gasteiger partial charge in [0.1, 0.15) is 6.29 Å². The van der Waals surface area contributed by atoms with Gasteiger partial charge >= 0.3 is 59.5 Å². The van der Waals surface area contributed by atoms with Crippen LogP contribution in [0.5, 0.6) is 0 Å². The third-order valence-electron chi connectivity index (χ3n) is 5.65. The number of carbonyl (C=O) groups is 1. The molecule has 0 aromatic heterocycles. The summed E-state index contributed by atoms with van der Waals surface area (Å²) in [5.74, 6) is -76.8. The summed E-state index contributed by atoms with van der Waals surface area (Å²) in [6, 6.07) is 3.97. The zero-order valence-corrected chi connectivity index (χ0v) is 19.4. The van der Waals surface area contributed by atoms with Crippen molar-refractivity contribution in [3.05, 3.63) is 35.4 Å². The first-order chi connectivity index (χ1) is 18.3. The number of hydrogen-bond acceptors (Lipinski definition) is 1. The monoisotopic (exact) mass is 666 g/mol. The van der Waals surface area contributed by atoms with E-state index in [1.54, 1.807) is 0 Å². The average Bonchev–Trinajstić information content (AvgIpc) is 2.82. The van der Waals surface area contributed by atoms with Gasteiger partial charge < -0.3 is 0 Å². The van der Waals surface area contributed by atoms with E-state index in [2.05, 4.69) is 0 Å². The molecule has 0 aliphatic rings. The van der Waals surface area contributed by atoms with E-state index in [-0.39, 0.29) is 17.4 Å². The number of halogens is 21. The Labute approximate surface area is 218 Å². The van der Waals surface area contributed by atoms with Crippen molar-refractivity contribution in [3.63, 3.8) is 0 Å². The number of alkyl halides is 21. The molecule has 0 aliphatic carbocycles. The predicted octanol–water partition coefficient (Wildman–Crippen LogP) is 9.10. The van der Waals surface area contributed by atoms with Gasteiger partial charge in [0.2, 0.25) is 0 Å². The highest BCUT2D eigenvalue weighted by Gasteiger charge is 2.97. The lowest BCUT2D eigenvalue weighted by Crippen LogP contribution is -2.76. The fraction of sp³-hybridized carbons (Fsp3) is 0.650. The van der Waals surface area contributed by atoms with Crippen molar-refractivity contribution >= 4 is 6.29 Å². The van der Waals surface area contributed by atoms with Gasteiger partial charge in [0.15, 0.2) is 0 Å². The molecule has 0 aliphatic heterocycles. The molecular weight excluding hydrogens is 655 g/mol. The van der Waals surface area contributed by atoms with Gasteiger partial charge in [-0.05, 0) is 18.4 Å². The zero-order valence-electron chi connectivity index (χ0n) is 19.4. The van der Waals surface area contributed by atoms with Gasteiger partial charge in [-0.15, -0.1) is 0 Å². The second-order valence-electron chi connectivity index (χ2n) is 8.51. The second kappa shape index (κ2) is 10.5. The molecule has 0 radical (unpaired) electrons. The first-order valence-corrected chi connectivity index (χ1v) is 10.3. The van der Waals surface area contributed by atoms with Crippen LogP contribution >= 0.6 is 0 Å². The van der Waals surface area contributed by atoms with E-state index < -0.39 is 78.7 Å². The summed E-state index contributed by atoms with van der Waals surface area (Å²) in [4.78, 5) is 10.5. The molecule has 22 heteroatoms. The first-order valence-electron chi connectivity index (χ1n) is 10.3. The van der Waals surface area contributed by atoms with E-state index in [9.17, 15) is 97.0 Å². The maximum atomic E-state index is 13.9. The minimum atomic E-state index is -9.18. The Bertz CT molecular complexity index is 1100. The molecule has 1 rings (SSSR count). The van der Waals surface area contributed by atoms with E-state index in [1.165, 1.54) is 0 Å². The summed E-state index contributed by atoms with van der Waals surface area (Å²) < 4.78 is 280. The van der Waals surface area contributed by atoms with Crippen LogP contribution < -0.4 is 0 Å². The summed E-state index contributed by atoms with van der Waals surface area (Å²) in [6.07, 6.45) is -12.6. The Balaban J connectivity index is 3.50. The largest absolute Gasteiger partial charge is 0.460 e. The van der Waals surface area contributed by atoms with E-state index >= 15 is 0 Å². The molecule has 0 bridgehead atoms. The van der Waals surface area contributed by atoms with Gasteiger partial charge in [-0.2, -0.15) is 92.2 Å². The molecule has 0 N–H and O–H groups in total. The molecule has 0 fully saturated rings. The molecule has 0 saturated carbocycles. The minimum absolute atomic E-state index is 0.0271. The number of rotatable bonds is 13. The lowest BCUT2D eigenvalue weighted by Gasteiger charge is -2.44. The SMILES string of the molecule is O=Cc1ccc(CCCC(F)(F)C(F)(F)C(F)(F)C(F)(F)C(F)(F)C(F)(F)C(F)(F)C(F)(F)C(F)(F)C(F)(F)F)cc1. The maximum Gasteiger partial charge on any atom is 0.460 e. The molecule has 0 saturated heterocycles. The van der Waals surface area contributed by atoms with Gasteiger partial charge in [-0.3, -0.25) is 4.79 Å². The highest BCUT2D eigenvalue weighted by atomic mass is 19.4. The standard InChI is InChI=1S/C20H11F21O/c21-11(22,7-1-2-9-3-5-10(8-42)6-4-9)12(23,24)13(25,26)14(27,28)15(29,30)16(31,32)17(33,34)18(35,36)19(37,38)20(39,40)41/h3-6,8H,1-2,7H2. The Morgan fingerprint density at radius 1 is 0.452 bits per heavy atom. The lowest BCUT2D eigenvalue weighted by molar-refractivity contribution is -0.474. The summed E-state index contributed by atoms with van der Waals surface area (Å²) >= 11 is 0. The van der Waals surface area contributed by atoms with Crippen molar-refractivity contribution in [2.24, 2.45) is 0 Å². The Kier molecular flexibility index (Phi) is 9.40. The zero-order chi connectivity index (χ0) is 33.8. The summed E-state index contributed by atoms with van der Waals surface area (Å²) in [7, 11) is 0. The molecule has 0 heterocycles. The smallest absolute Gasteiger partial charge is 0.298 e. The highest BCUT2D eigenvalue weighted by molar-refractivity contribution is 5.74. The molecular formula is C20H11F21O. The van der Waals surface area contributed by atoms with Crippen LogP contribution in [0.3, 0.4) is 0 Å². The maximum absolute atomic E-state index is 13.9. The van der Waals surface area contributed by atoms with Gasteiger partial charge in [0, 0.05) is 12.0 Å². The van der Waals surface area contributed by atoms with Crippen LogP contribution in [-0.4, -0.2) is 65.8 Å². The van der Waals surface area contributed by atoms with Crippen molar-refractivity contribution in [1.82, 2.24) is 0 Å². The van der Waals surface area contributed by atoms with E-state index in [0.717, 1.165) is 24.3 Å². The number of aryl methyl sites for hydroxylation is 1. The van der Waals surface area contributed by atoms with Crippen LogP contribution in [0.1, 0.15) is 28.8 Å². The number of carbonyl (C=O) groups excluding carboxylic acids is 1. The quantitative estimate of drug-likeness (QED) is 0.152. The fourth-order valence-electron chi connectivity index (χ4n) is 3.03. The molecule has 1 nitrogen and oxygen atoms in total. The molecule has 1 aromatic rings. The molecule has 42 heavy (non-hydrogen) atoms. The fourth-order valence-corrected chi connectivity index (χ4v) is 3.03. The van der Waals surface area contributed by atoms with Crippen molar-refractivity contribution in [1.29, 1.82) is 0 Å². The van der Waals surface area contributed by atoms with Crippen LogP contribution in [0.15, 0.2) is 24.3 Å².